The van der Waals surface area contributed by atoms with Crippen molar-refractivity contribution in [1.29, 1.82) is 5.26 Å². The van der Waals surface area contributed by atoms with E-state index in [1.807, 2.05) is 60.7 Å². The first kappa shape index (κ1) is 32.5. The molecule has 3 aliphatic rings. The molecule has 6 aromatic rings. The highest BCUT2D eigenvalue weighted by atomic mass is 15.0. The van der Waals surface area contributed by atoms with Crippen LogP contribution in [-0.4, -0.2) is 15.0 Å². The van der Waals surface area contributed by atoms with Gasteiger partial charge in [0.25, 0.3) is 0 Å². The highest BCUT2D eigenvalue weighted by Crippen LogP contribution is 2.55. The van der Waals surface area contributed by atoms with Crippen LogP contribution in [0.25, 0.3) is 56.4 Å². The van der Waals surface area contributed by atoms with Crippen LogP contribution in [0.2, 0.25) is 0 Å². The fraction of sp³-hybridized carbons (Fsp3) is 0.292. The molecule has 2 saturated carbocycles. The number of nitrogens with zero attached hydrogens (tertiary/aromatic N) is 4. The zero-order valence-corrected chi connectivity index (χ0v) is 30.5. The lowest BCUT2D eigenvalue weighted by atomic mass is 9.54. The van der Waals surface area contributed by atoms with E-state index in [1.54, 1.807) is 0 Å². The molecule has 5 aromatic carbocycles. The van der Waals surface area contributed by atoms with Crippen LogP contribution in [-0.2, 0) is 10.8 Å². The monoisotopic (exact) mass is 676 g/mol. The zero-order valence-electron chi connectivity index (χ0n) is 30.5. The lowest BCUT2D eigenvalue weighted by Gasteiger charge is -2.50. The fourth-order valence-electron chi connectivity index (χ4n) is 10.3. The van der Waals surface area contributed by atoms with Crippen LogP contribution in [0.15, 0.2) is 115 Å². The van der Waals surface area contributed by atoms with Crippen LogP contribution in [0.1, 0.15) is 82.1 Å². The molecular formula is C48H44N4. The predicted molar refractivity (Wildman–Crippen MR) is 210 cm³/mol. The van der Waals surface area contributed by atoms with E-state index < -0.39 is 0 Å². The molecular weight excluding hydrogens is 633 g/mol. The van der Waals surface area contributed by atoms with Crippen LogP contribution in [0.5, 0.6) is 0 Å². The Bertz CT molecular complexity index is 2290. The summed E-state index contributed by atoms with van der Waals surface area (Å²) >= 11 is 0. The molecule has 0 spiro atoms. The van der Waals surface area contributed by atoms with Gasteiger partial charge in [-0.05, 0) is 112 Å². The van der Waals surface area contributed by atoms with Crippen molar-refractivity contribution in [3.05, 3.63) is 138 Å². The van der Waals surface area contributed by atoms with E-state index >= 15 is 0 Å². The Morgan fingerprint density at radius 2 is 1.06 bits per heavy atom. The summed E-state index contributed by atoms with van der Waals surface area (Å²) in [6.45, 7) is 9.47. The molecule has 2 bridgehead atoms. The van der Waals surface area contributed by atoms with Gasteiger partial charge in [0.1, 0.15) is 0 Å². The minimum Gasteiger partial charge on any atom is -0.208 e. The molecule has 4 heteroatoms. The first-order chi connectivity index (χ1) is 25.2. The van der Waals surface area contributed by atoms with Crippen LogP contribution < -0.4 is 0 Å². The van der Waals surface area contributed by atoms with Crippen LogP contribution in [0.4, 0.5) is 0 Å². The van der Waals surface area contributed by atoms with Crippen molar-refractivity contribution in [3.63, 3.8) is 0 Å². The number of benzene rings is 5. The molecule has 0 radical (unpaired) electrons. The van der Waals surface area contributed by atoms with E-state index in [1.165, 1.54) is 59.9 Å². The summed E-state index contributed by atoms with van der Waals surface area (Å²) in [6.07, 6.45) is 6.44. The minimum absolute atomic E-state index is 0.200. The minimum atomic E-state index is -0.259. The van der Waals surface area contributed by atoms with E-state index in [0.717, 1.165) is 51.1 Å². The summed E-state index contributed by atoms with van der Waals surface area (Å²) in [4.78, 5) is 14.9. The number of hydrogen-bond donors (Lipinski definition) is 0. The largest absolute Gasteiger partial charge is 0.208 e. The van der Waals surface area contributed by atoms with Crippen molar-refractivity contribution < 1.29 is 0 Å². The second-order valence-corrected chi connectivity index (χ2v) is 16.5. The van der Waals surface area contributed by atoms with Crippen molar-refractivity contribution in [1.82, 2.24) is 15.0 Å². The average molecular weight is 677 g/mol. The van der Waals surface area contributed by atoms with Gasteiger partial charge in [-0.15, -0.1) is 0 Å². The summed E-state index contributed by atoms with van der Waals surface area (Å²) in [5, 5.41) is 10.5. The Labute approximate surface area is 307 Å². The number of nitriles is 1. The summed E-state index contributed by atoms with van der Waals surface area (Å²) in [6, 6.07) is 43.1. The smallest absolute Gasteiger partial charge is 0.164 e. The van der Waals surface area contributed by atoms with Gasteiger partial charge >= 0.3 is 0 Å². The molecule has 3 aliphatic carbocycles. The van der Waals surface area contributed by atoms with Crippen molar-refractivity contribution >= 4 is 0 Å². The van der Waals surface area contributed by atoms with Crippen molar-refractivity contribution in [3.8, 4) is 62.5 Å². The normalized spacial score (nSPS) is 22.6. The lowest BCUT2D eigenvalue weighted by molar-refractivity contribution is 0.0780. The average Bonchev–Trinajstić information content (AvgIpc) is 3.39. The van der Waals surface area contributed by atoms with E-state index in [0.29, 0.717) is 17.5 Å². The molecule has 52 heavy (non-hydrogen) atoms. The van der Waals surface area contributed by atoms with E-state index in [-0.39, 0.29) is 10.8 Å². The molecule has 0 N–H and O–H groups in total. The summed E-state index contributed by atoms with van der Waals surface area (Å²) in [5.74, 6) is 4.26. The Morgan fingerprint density at radius 3 is 1.62 bits per heavy atom. The zero-order chi connectivity index (χ0) is 35.6. The van der Waals surface area contributed by atoms with Gasteiger partial charge in [-0.25, -0.2) is 15.0 Å². The first-order valence-electron chi connectivity index (χ1n) is 18.9. The third kappa shape index (κ3) is 5.46. The maximum absolute atomic E-state index is 10.5. The highest BCUT2D eigenvalue weighted by molar-refractivity contribution is 5.86. The Hall–Kier alpha value is -5.40. The molecule has 0 saturated heterocycles. The molecule has 0 amide bonds. The number of aromatic nitrogens is 3. The van der Waals surface area contributed by atoms with Gasteiger partial charge in [-0.1, -0.05) is 125 Å². The standard InChI is InChI=1S/C48H44N4/c1-30-21-32-22-31(2)27-48(26-30,28-32)38-17-20-39(37(23-38)29-49)35-15-18-40-41-19-16-36(25-43(41)47(3,4)42(40)24-35)46-51-44(33-11-7-5-8-12-33)50-45(52-46)34-13-9-6-10-14-34/h5-20,23-25,30-32H,21-22,26-28H2,1-4H3/t30-,31+,32-,48?. The van der Waals surface area contributed by atoms with Gasteiger partial charge in [0.05, 0.1) is 11.6 Å². The number of fused-ring (bicyclic) bond motifs is 5. The molecule has 9 rings (SSSR count). The Morgan fingerprint density at radius 1 is 0.558 bits per heavy atom. The second kappa shape index (κ2) is 12.4. The maximum Gasteiger partial charge on any atom is 0.164 e. The summed E-state index contributed by atoms with van der Waals surface area (Å²) in [7, 11) is 0. The molecule has 1 unspecified atom stereocenters. The van der Waals surface area contributed by atoms with E-state index in [9.17, 15) is 5.26 Å². The SMILES string of the molecule is C[C@@H]1C[C@@H]2C[C@H](C)CC(c3ccc(-c4ccc5c(c4)C(C)(C)c4cc(-c6nc(-c7ccccc7)nc(-c7ccccc7)n6)ccc4-5)c(C#N)c3)(C1)C2. The first-order valence-corrected chi connectivity index (χ1v) is 18.9. The van der Waals surface area contributed by atoms with Gasteiger partial charge in [0.2, 0.25) is 0 Å². The van der Waals surface area contributed by atoms with Gasteiger partial charge in [0.15, 0.2) is 17.5 Å². The van der Waals surface area contributed by atoms with Gasteiger partial charge < -0.3 is 0 Å². The van der Waals surface area contributed by atoms with Crippen LogP contribution in [0.3, 0.4) is 0 Å². The van der Waals surface area contributed by atoms with E-state index in [4.69, 9.17) is 15.0 Å². The molecule has 0 aliphatic heterocycles. The van der Waals surface area contributed by atoms with Crippen LogP contribution in [0, 0.1) is 29.1 Å². The Balaban J connectivity index is 1.09. The highest BCUT2D eigenvalue weighted by Gasteiger charge is 2.45. The quantitative estimate of drug-likeness (QED) is 0.182. The van der Waals surface area contributed by atoms with E-state index in [2.05, 4.69) is 88.4 Å². The van der Waals surface area contributed by atoms with Crippen molar-refractivity contribution in [2.45, 2.75) is 70.6 Å². The molecule has 1 aromatic heterocycles. The predicted octanol–water partition coefficient (Wildman–Crippen LogP) is 11.8. The summed E-state index contributed by atoms with van der Waals surface area (Å²) < 4.78 is 0. The molecule has 256 valence electrons. The fourth-order valence-corrected chi connectivity index (χ4v) is 10.3. The van der Waals surface area contributed by atoms with Crippen molar-refractivity contribution in [2.75, 3.05) is 0 Å². The van der Waals surface area contributed by atoms with Gasteiger partial charge in [0, 0.05) is 22.1 Å². The van der Waals surface area contributed by atoms with Gasteiger partial charge in [-0.3, -0.25) is 0 Å². The summed E-state index contributed by atoms with van der Waals surface area (Å²) in [5.41, 5.74) is 12.1. The molecule has 2 fully saturated rings. The second-order valence-electron chi connectivity index (χ2n) is 16.5. The number of hydrogen-bond acceptors (Lipinski definition) is 4. The lowest BCUT2D eigenvalue weighted by Crippen LogP contribution is -2.42. The topological polar surface area (TPSA) is 62.5 Å². The number of rotatable bonds is 5. The third-order valence-corrected chi connectivity index (χ3v) is 12.3. The molecule has 4 nitrogen and oxygen atoms in total. The third-order valence-electron chi connectivity index (χ3n) is 12.3. The molecule has 4 atom stereocenters. The molecule has 1 heterocycles. The van der Waals surface area contributed by atoms with Crippen molar-refractivity contribution in [2.24, 2.45) is 17.8 Å². The maximum atomic E-state index is 10.5. The Kier molecular flexibility index (Phi) is 7.74. The van der Waals surface area contributed by atoms with Gasteiger partial charge in [-0.2, -0.15) is 5.26 Å². The van der Waals surface area contributed by atoms with Crippen LogP contribution >= 0.6 is 0 Å².